The summed E-state index contributed by atoms with van der Waals surface area (Å²) in [4.78, 5) is 19.8. The molecule has 5 nitrogen and oxygen atoms in total. The predicted molar refractivity (Wildman–Crippen MR) is 110 cm³/mol. The third-order valence-corrected chi connectivity index (χ3v) is 6.16. The molecule has 1 amide bonds. The van der Waals surface area contributed by atoms with Gasteiger partial charge in [-0.1, -0.05) is 37.1 Å². The molecule has 2 aliphatic rings. The van der Waals surface area contributed by atoms with Crippen molar-refractivity contribution < 1.29 is 13.9 Å². The molecule has 2 N–H and O–H groups in total. The highest BCUT2D eigenvalue weighted by Gasteiger charge is 2.37. The molecule has 0 unspecified atom stereocenters. The highest BCUT2D eigenvalue weighted by molar-refractivity contribution is 6.11. The van der Waals surface area contributed by atoms with Crippen LogP contribution in [-0.4, -0.2) is 28.9 Å². The topological polar surface area (TPSA) is 68.5 Å². The Morgan fingerprint density at radius 3 is 2.66 bits per heavy atom. The number of halogens is 1. The minimum atomic E-state index is -0.388. The van der Waals surface area contributed by atoms with E-state index in [2.05, 4.69) is 0 Å². The number of fused-ring (bicyclic) bond motifs is 2. The lowest BCUT2D eigenvalue weighted by Gasteiger charge is -2.23. The molecule has 6 heteroatoms. The molecule has 1 aromatic heterocycles. The molecule has 2 aromatic carbocycles. The number of hydrogen-bond acceptors (Lipinski definition) is 4. The van der Waals surface area contributed by atoms with Crippen molar-refractivity contribution >= 4 is 22.5 Å². The third kappa shape index (κ3) is 2.66. The lowest BCUT2D eigenvalue weighted by molar-refractivity contribution is 0.0707. The van der Waals surface area contributed by atoms with Gasteiger partial charge in [-0.25, -0.2) is 9.37 Å². The summed E-state index contributed by atoms with van der Waals surface area (Å²) in [7, 11) is 1.51. The number of pyridine rings is 1. The number of carbonyl (C=O) groups excluding carboxylic acids is 1. The van der Waals surface area contributed by atoms with Gasteiger partial charge in [0.05, 0.1) is 41.7 Å². The van der Waals surface area contributed by atoms with Gasteiger partial charge in [-0.2, -0.15) is 0 Å². The zero-order chi connectivity index (χ0) is 20.1. The number of methoxy groups -OCH3 is 1. The smallest absolute Gasteiger partial charge is 0.258 e. The molecule has 1 fully saturated rings. The second kappa shape index (κ2) is 6.72. The lowest BCUT2D eigenvalue weighted by atomic mass is 9.98. The Morgan fingerprint density at radius 2 is 1.90 bits per heavy atom. The maximum absolute atomic E-state index is 14.8. The van der Waals surface area contributed by atoms with Gasteiger partial charge in [-0.15, -0.1) is 0 Å². The Balaban J connectivity index is 1.71. The number of ether oxygens (including phenoxy) is 1. The van der Waals surface area contributed by atoms with E-state index in [0.29, 0.717) is 51.3 Å². The Morgan fingerprint density at radius 1 is 1.14 bits per heavy atom. The van der Waals surface area contributed by atoms with Crippen molar-refractivity contribution in [3.63, 3.8) is 0 Å². The van der Waals surface area contributed by atoms with Gasteiger partial charge in [-0.05, 0) is 25.0 Å². The van der Waals surface area contributed by atoms with E-state index < -0.39 is 0 Å². The van der Waals surface area contributed by atoms with Crippen LogP contribution >= 0.6 is 0 Å². The molecule has 3 aromatic rings. The number of nitrogens with zero attached hydrogens (tertiary/aromatic N) is 2. The van der Waals surface area contributed by atoms with E-state index in [1.165, 1.54) is 13.2 Å². The SMILES string of the molecule is COc1cccc(F)c1-c1cccc2c(N)c3c(nc12)CN(C1CCCC1)C3=O. The van der Waals surface area contributed by atoms with Gasteiger partial charge >= 0.3 is 0 Å². The molecule has 0 saturated heterocycles. The summed E-state index contributed by atoms with van der Waals surface area (Å²) >= 11 is 0. The summed E-state index contributed by atoms with van der Waals surface area (Å²) in [6, 6.07) is 10.4. The van der Waals surface area contributed by atoms with Crippen LogP contribution in [0.15, 0.2) is 36.4 Å². The Labute approximate surface area is 168 Å². The average Bonchev–Trinajstić information content (AvgIpc) is 3.36. The maximum atomic E-state index is 14.8. The largest absolute Gasteiger partial charge is 0.496 e. The van der Waals surface area contributed by atoms with Gasteiger partial charge in [-0.3, -0.25) is 4.79 Å². The highest BCUT2D eigenvalue weighted by Crippen LogP contribution is 2.41. The minimum Gasteiger partial charge on any atom is -0.496 e. The van der Waals surface area contributed by atoms with E-state index >= 15 is 0 Å². The standard InChI is InChI=1S/C23H22FN3O2/c1-29-18-11-5-10-16(24)19(18)14-8-4-9-15-21(25)20-17(26-22(14)15)12-27(23(20)28)13-6-2-3-7-13/h4-5,8-11,13H,2-3,6-7,12H2,1H3,(H2,25,26). The molecule has 1 saturated carbocycles. The Bertz CT molecular complexity index is 1140. The van der Waals surface area contributed by atoms with E-state index in [0.717, 1.165) is 25.7 Å². The van der Waals surface area contributed by atoms with Crippen LogP contribution in [0.4, 0.5) is 10.1 Å². The number of benzene rings is 2. The summed E-state index contributed by atoms with van der Waals surface area (Å²) in [6.07, 6.45) is 4.34. The van der Waals surface area contributed by atoms with Crippen LogP contribution in [0.25, 0.3) is 22.0 Å². The van der Waals surface area contributed by atoms with E-state index in [9.17, 15) is 9.18 Å². The second-order valence-corrected chi connectivity index (χ2v) is 7.74. The molecule has 29 heavy (non-hydrogen) atoms. The summed E-state index contributed by atoms with van der Waals surface area (Å²) < 4.78 is 20.1. The number of rotatable bonds is 3. The molecule has 0 atom stereocenters. The van der Waals surface area contributed by atoms with Crippen LogP contribution in [0.5, 0.6) is 5.75 Å². The fourth-order valence-electron chi connectivity index (χ4n) is 4.74. The van der Waals surface area contributed by atoms with E-state index in [1.807, 2.05) is 23.1 Å². The fourth-order valence-corrected chi connectivity index (χ4v) is 4.74. The van der Waals surface area contributed by atoms with Crippen molar-refractivity contribution in [2.45, 2.75) is 38.3 Å². The molecule has 1 aliphatic heterocycles. The molecule has 5 rings (SSSR count). The van der Waals surface area contributed by atoms with Gasteiger partial charge in [0.1, 0.15) is 11.6 Å². The quantitative estimate of drug-likeness (QED) is 0.712. The number of anilines is 1. The number of para-hydroxylation sites is 1. The van der Waals surface area contributed by atoms with Gasteiger partial charge < -0.3 is 15.4 Å². The number of hydrogen-bond donors (Lipinski definition) is 1. The third-order valence-electron chi connectivity index (χ3n) is 6.16. The normalized spacial score (nSPS) is 16.6. The first-order valence-corrected chi connectivity index (χ1v) is 9.95. The molecule has 1 aliphatic carbocycles. The van der Waals surface area contributed by atoms with Crippen LogP contribution in [0.1, 0.15) is 41.7 Å². The first-order valence-electron chi connectivity index (χ1n) is 9.95. The van der Waals surface area contributed by atoms with Crippen LogP contribution in [0.2, 0.25) is 0 Å². The Kier molecular flexibility index (Phi) is 4.15. The van der Waals surface area contributed by atoms with Crippen molar-refractivity contribution in [3.05, 3.63) is 53.5 Å². The zero-order valence-corrected chi connectivity index (χ0v) is 16.2. The van der Waals surface area contributed by atoms with Crippen molar-refractivity contribution in [1.82, 2.24) is 9.88 Å². The van der Waals surface area contributed by atoms with E-state index in [-0.39, 0.29) is 17.8 Å². The molecule has 0 bridgehead atoms. The first-order chi connectivity index (χ1) is 14.1. The minimum absolute atomic E-state index is 0.0346. The number of aromatic nitrogens is 1. The van der Waals surface area contributed by atoms with E-state index in [1.54, 1.807) is 12.1 Å². The van der Waals surface area contributed by atoms with Crippen LogP contribution in [0.3, 0.4) is 0 Å². The molecular formula is C23H22FN3O2. The maximum Gasteiger partial charge on any atom is 0.258 e. The first kappa shape index (κ1) is 17.9. The van der Waals surface area contributed by atoms with Crippen LogP contribution < -0.4 is 10.5 Å². The lowest BCUT2D eigenvalue weighted by Crippen LogP contribution is -2.33. The van der Waals surface area contributed by atoms with Crippen molar-refractivity contribution in [3.8, 4) is 16.9 Å². The van der Waals surface area contributed by atoms with Crippen molar-refractivity contribution in [1.29, 1.82) is 0 Å². The molecule has 148 valence electrons. The zero-order valence-electron chi connectivity index (χ0n) is 16.2. The summed E-state index contributed by atoms with van der Waals surface area (Å²) in [5.41, 5.74) is 9.62. The monoisotopic (exact) mass is 391 g/mol. The van der Waals surface area contributed by atoms with Crippen LogP contribution in [0, 0.1) is 5.82 Å². The molecule has 0 radical (unpaired) electrons. The Hall–Kier alpha value is -3.15. The van der Waals surface area contributed by atoms with Gasteiger partial charge in [0.15, 0.2) is 0 Å². The average molecular weight is 391 g/mol. The molecular weight excluding hydrogens is 369 g/mol. The van der Waals surface area contributed by atoms with Gasteiger partial charge in [0.2, 0.25) is 0 Å². The van der Waals surface area contributed by atoms with Gasteiger partial charge in [0.25, 0.3) is 5.91 Å². The van der Waals surface area contributed by atoms with Gasteiger partial charge in [0, 0.05) is 17.0 Å². The number of carbonyl (C=O) groups is 1. The number of nitrogens with two attached hydrogens (primary N) is 1. The highest BCUT2D eigenvalue weighted by atomic mass is 19.1. The van der Waals surface area contributed by atoms with Crippen molar-refractivity contribution in [2.24, 2.45) is 0 Å². The summed E-state index contributed by atoms with van der Waals surface area (Å²) in [5.74, 6) is 0.0103. The van der Waals surface area contributed by atoms with E-state index in [4.69, 9.17) is 15.5 Å². The molecule has 0 spiro atoms. The predicted octanol–water partition coefficient (Wildman–Crippen LogP) is 4.53. The molecule has 2 heterocycles. The fraction of sp³-hybridized carbons (Fsp3) is 0.304. The van der Waals surface area contributed by atoms with Crippen LogP contribution in [-0.2, 0) is 6.54 Å². The summed E-state index contributed by atoms with van der Waals surface area (Å²) in [6.45, 7) is 0.460. The second-order valence-electron chi connectivity index (χ2n) is 7.74. The number of nitrogen functional groups attached to an aromatic ring is 1. The van der Waals surface area contributed by atoms with Crippen molar-refractivity contribution in [2.75, 3.05) is 12.8 Å². The summed E-state index contributed by atoms with van der Waals surface area (Å²) in [5, 5.41) is 0.660. The number of amides is 1.